The number of benzene rings is 1. The van der Waals surface area contributed by atoms with E-state index in [9.17, 15) is 0 Å². The molecule has 1 aromatic carbocycles. The predicted octanol–water partition coefficient (Wildman–Crippen LogP) is 4.20. The highest BCUT2D eigenvalue weighted by molar-refractivity contribution is 5.53. The van der Waals surface area contributed by atoms with Crippen LogP contribution >= 0.6 is 0 Å². The minimum atomic E-state index is 0.504. The lowest BCUT2D eigenvalue weighted by Gasteiger charge is -2.27. The summed E-state index contributed by atoms with van der Waals surface area (Å²) in [6.45, 7) is 11.5. The van der Waals surface area contributed by atoms with Gasteiger partial charge in [0.2, 0.25) is 0 Å². The molecule has 0 unspecified atom stereocenters. The van der Waals surface area contributed by atoms with Crippen LogP contribution in [-0.2, 0) is 6.54 Å². The zero-order valence-corrected chi connectivity index (χ0v) is 13.4. The van der Waals surface area contributed by atoms with Gasteiger partial charge < -0.3 is 10.2 Å². The number of nitrogens with zero attached hydrogens (tertiary/aromatic N) is 1. The molecule has 20 heavy (non-hydrogen) atoms. The number of hydrogen-bond donors (Lipinski definition) is 1. The second-order valence-electron chi connectivity index (χ2n) is 6.81. The fourth-order valence-electron chi connectivity index (χ4n) is 3.03. The SMILES string of the molecule is CCCNCc1ccccc1N1CCCC(C)(C)CC1. The van der Waals surface area contributed by atoms with Crippen LogP contribution in [0.1, 0.15) is 52.0 Å². The lowest BCUT2D eigenvalue weighted by molar-refractivity contribution is 0.325. The summed E-state index contributed by atoms with van der Waals surface area (Å²) in [5, 5.41) is 3.54. The van der Waals surface area contributed by atoms with E-state index in [4.69, 9.17) is 0 Å². The molecule has 0 aromatic heterocycles. The standard InChI is InChI=1S/C18H30N2/c1-4-12-19-15-16-8-5-6-9-17(16)20-13-7-10-18(2,3)11-14-20/h5-6,8-9,19H,4,7,10-15H2,1-3H3. The Morgan fingerprint density at radius 1 is 1.15 bits per heavy atom. The first-order valence-electron chi connectivity index (χ1n) is 8.16. The number of para-hydroxylation sites is 1. The van der Waals surface area contributed by atoms with Crippen molar-refractivity contribution in [3.05, 3.63) is 29.8 Å². The van der Waals surface area contributed by atoms with Gasteiger partial charge in [-0.05, 0) is 49.3 Å². The minimum absolute atomic E-state index is 0.504. The lowest BCUT2D eigenvalue weighted by Crippen LogP contribution is -2.27. The van der Waals surface area contributed by atoms with E-state index < -0.39 is 0 Å². The van der Waals surface area contributed by atoms with E-state index in [1.54, 1.807) is 0 Å². The first-order valence-corrected chi connectivity index (χ1v) is 8.16. The van der Waals surface area contributed by atoms with E-state index in [-0.39, 0.29) is 0 Å². The van der Waals surface area contributed by atoms with Crippen LogP contribution in [0.4, 0.5) is 5.69 Å². The van der Waals surface area contributed by atoms with Gasteiger partial charge >= 0.3 is 0 Å². The van der Waals surface area contributed by atoms with Crippen LogP contribution in [0.2, 0.25) is 0 Å². The monoisotopic (exact) mass is 274 g/mol. The Bertz CT molecular complexity index is 412. The molecule has 2 nitrogen and oxygen atoms in total. The van der Waals surface area contributed by atoms with E-state index in [1.807, 2.05) is 0 Å². The van der Waals surface area contributed by atoms with Crippen LogP contribution < -0.4 is 10.2 Å². The molecule has 1 N–H and O–H groups in total. The molecule has 112 valence electrons. The molecule has 1 aliphatic rings. The van der Waals surface area contributed by atoms with Crippen LogP contribution in [0.5, 0.6) is 0 Å². The van der Waals surface area contributed by atoms with Gasteiger partial charge in [0.05, 0.1) is 0 Å². The maximum absolute atomic E-state index is 3.54. The highest BCUT2D eigenvalue weighted by atomic mass is 15.1. The minimum Gasteiger partial charge on any atom is -0.371 e. The van der Waals surface area contributed by atoms with Gasteiger partial charge in [0, 0.05) is 25.3 Å². The Morgan fingerprint density at radius 2 is 1.95 bits per heavy atom. The molecule has 0 amide bonds. The first kappa shape index (κ1) is 15.4. The van der Waals surface area contributed by atoms with E-state index in [2.05, 4.69) is 55.3 Å². The maximum atomic E-state index is 3.54. The summed E-state index contributed by atoms with van der Waals surface area (Å²) in [6.07, 6.45) is 5.15. The Balaban J connectivity index is 2.07. The topological polar surface area (TPSA) is 15.3 Å². The molecule has 1 heterocycles. The highest BCUT2D eigenvalue weighted by Crippen LogP contribution is 2.32. The Hall–Kier alpha value is -1.02. The smallest absolute Gasteiger partial charge is 0.0411 e. The molecular weight excluding hydrogens is 244 g/mol. The van der Waals surface area contributed by atoms with Crippen molar-refractivity contribution in [1.82, 2.24) is 5.32 Å². The molecule has 1 aliphatic heterocycles. The van der Waals surface area contributed by atoms with Gasteiger partial charge in [-0.2, -0.15) is 0 Å². The van der Waals surface area contributed by atoms with Crippen molar-refractivity contribution < 1.29 is 0 Å². The van der Waals surface area contributed by atoms with Gasteiger partial charge in [0.15, 0.2) is 0 Å². The second kappa shape index (κ2) is 7.12. The Labute approximate surface area is 124 Å². The van der Waals surface area contributed by atoms with Crippen LogP contribution in [0, 0.1) is 5.41 Å². The third kappa shape index (κ3) is 4.24. The number of nitrogens with one attached hydrogen (secondary N) is 1. The summed E-state index contributed by atoms with van der Waals surface area (Å²) in [7, 11) is 0. The number of hydrogen-bond acceptors (Lipinski definition) is 2. The summed E-state index contributed by atoms with van der Waals surface area (Å²) in [6, 6.07) is 8.90. The molecular formula is C18H30N2. The molecule has 0 spiro atoms. The van der Waals surface area contributed by atoms with Gasteiger partial charge in [0.25, 0.3) is 0 Å². The molecule has 1 fully saturated rings. The largest absolute Gasteiger partial charge is 0.371 e. The highest BCUT2D eigenvalue weighted by Gasteiger charge is 2.23. The van der Waals surface area contributed by atoms with Crippen molar-refractivity contribution in [2.45, 2.75) is 53.0 Å². The predicted molar refractivity (Wildman–Crippen MR) is 88.3 cm³/mol. The van der Waals surface area contributed by atoms with Crippen molar-refractivity contribution in [1.29, 1.82) is 0 Å². The average Bonchev–Trinajstić information content (AvgIpc) is 2.61. The van der Waals surface area contributed by atoms with Crippen LogP contribution in [0.25, 0.3) is 0 Å². The maximum Gasteiger partial charge on any atom is 0.0411 e. The summed E-state index contributed by atoms with van der Waals surface area (Å²) >= 11 is 0. The van der Waals surface area contributed by atoms with Crippen LogP contribution in [0.15, 0.2) is 24.3 Å². The fourth-order valence-corrected chi connectivity index (χ4v) is 3.03. The van der Waals surface area contributed by atoms with Crippen molar-refractivity contribution in [3.8, 4) is 0 Å². The normalized spacial score (nSPS) is 18.9. The van der Waals surface area contributed by atoms with Gasteiger partial charge in [0.1, 0.15) is 0 Å². The average molecular weight is 274 g/mol. The molecule has 0 radical (unpaired) electrons. The zero-order valence-electron chi connectivity index (χ0n) is 13.4. The van der Waals surface area contributed by atoms with Gasteiger partial charge in [-0.15, -0.1) is 0 Å². The summed E-state index contributed by atoms with van der Waals surface area (Å²) < 4.78 is 0. The second-order valence-corrected chi connectivity index (χ2v) is 6.81. The summed E-state index contributed by atoms with van der Waals surface area (Å²) in [5.74, 6) is 0. The molecule has 0 bridgehead atoms. The van der Waals surface area contributed by atoms with Crippen molar-refractivity contribution in [3.63, 3.8) is 0 Å². The van der Waals surface area contributed by atoms with E-state index in [0.717, 1.165) is 13.1 Å². The molecule has 2 rings (SSSR count). The van der Waals surface area contributed by atoms with Gasteiger partial charge in [-0.25, -0.2) is 0 Å². The first-order chi connectivity index (χ1) is 9.62. The van der Waals surface area contributed by atoms with Crippen molar-refractivity contribution >= 4 is 5.69 Å². The van der Waals surface area contributed by atoms with Crippen molar-refractivity contribution in [2.75, 3.05) is 24.5 Å². The van der Waals surface area contributed by atoms with Crippen molar-refractivity contribution in [2.24, 2.45) is 5.41 Å². The number of rotatable bonds is 5. The number of anilines is 1. The molecule has 0 atom stereocenters. The Kier molecular flexibility index (Phi) is 5.47. The van der Waals surface area contributed by atoms with E-state index in [1.165, 1.54) is 50.0 Å². The Morgan fingerprint density at radius 3 is 2.75 bits per heavy atom. The van der Waals surface area contributed by atoms with Gasteiger partial charge in [-0.3, -0.25) is 0 Å². The van der Waals surface area contributed by atoms with Crippen LogP contribution in [0.3, 0.4) is 0 Å². The van der Waals surface area contributed by atoms with Crippen LogP contribution in [-0.4, -0.2) is 19.6 Å². The molecule has 1 aromatic rings. The summed E-state index contributed by atoms with van der Waals surface area (Å²) in [5.41, 5.74) is 3.39. The van der Waals surface area contributed by atoms with Gasteiger partial charge in [-0.1, -0.05) is 39.0 Å². The molecule has 2 heteroatoms. The van der Waals surface area contributed by atoms with E-state index in [0.29, 0.717) is 5.41 Å². The molecule has 0 aliphatic carbocycles. The third-order valence-electron chi connectivity index (χ3n) is 4.41. The fraction of sp³-hybridized carbons (Fsp3) is 0.667. The lowest BCUT2D eigenvalue weighted by atomic mass is 9.85. The summed E-state index contributed by atoms with van der Waals surface area (Å²) in [4.78, 5) is 2.59. The molecule has 1 saturated heterocycles. The quantitative estimate of drug-likeness (QED) is 0.809. The third-order valence-corrected chi connectivity index (χ3v) is 4.41. The zero-order chi connectivity index (χ0) is 14.4. The van der Waals surface area contributed by atoms with E-state index >= 15 is 0 Å². The molecule has 0 saturated carbocycles.